The third-order valence-electron chi connectivity index (χ3n) is 7.48. The van der Waals surface area contributed by atoms with E-state index < -0.39 is 0 Å². The van der Waals surface area contributed by atoms with Crippen LogP contribution in [-0.4, -0.2) is 110 Å². The monoisotopic (exact) mass is 486 g/mol. The smallest absolute Gasteiger partial charge is 0.254 e. The van der Waals surface area contributed by atoms with Gasteiger partial charge >= 0.3 is 0 Å². The third kappa shape index (κ3) is 6.25. The number of likely N-dealkylation sites (tertiary alicyclic amines) is 2. The zero-order chi connectivity index (χ0) is 24.8. The molecule has 3 amide bonds. The van der Waals surface area contributed by atoms with Gasteiger partial charge in [-0.05, 0) is 44.2 Å². The molecule has 192 valence electrons. The van der Waals surface area contributed by atoms with E-state index in [0.29, 0.717) is 62.6 Å². The molecule has 0 unspecified atom stereocenters. The second kappa shape index (κ2) is 11.7. The Bertz CT molecular complexity index is 879. The predicted octanol–water partition coefficient (Wildman–Crippen LogP) is 1.71. The fraction of sp³-hybridized carbons (Fsp3) is 0.654. The molecule has 3 fully saturated rings. The first-order valence-corrected chi connectivity index (χ1v) is 12.8. The number of hydrogen-bond donors (Lipinski definition) is 0. The highest BCUT2D eigenvalue weighted by Crippen LogP contribution is 2.26. The molecule has 0 saturated carbocycles. The van der Waals surface area contributed by atoms with Gasteiger partial charge in [-0.1, -0.05) is 0 Å². The number of amides is 3. The number of rotatable bonds is 6. The van der Waals surface area contributed by atoms with Gasteiger partial charge < -0.3 is 24.2 Å². The highest BCUT2D eigenvalue weighted by atomic mass is 16.5. The number of methoxy groups -OCH3 is 2. The standard InChI is InChI=1S/C26H38N4O5/c1-34-22-16-21(17-23(18-22)35-2)26(33)29-10-6-20(7-11-29)25(32)30-14-12-27(13-15-30)19-24(31)28-8-4-3-5-9-28/h16-18,20H,3-15,19H2,1-2H3. The largest absolute Gasteiger partial charge is 0.497 e. The minimum absolute atomic E-state index is 0.0552. The molecule has 3 aliphatic rings. The molecule has 0 bridgehead atoms. The molecule has 35 heavy (non-hydrogen) atoms. The van der Waals surface area contributed by atoms with E-state index in [9.17, 15) is 14.4 Å². The summed E-state index contributed by atoms with van der Waals surface area (Å²) in [5, 5.41) is 0. The summed E-state index contributed by atoms with van der Waals surface area (Å²) in [6.07, 6.45) is 4.75. The number of ether oxygens (including phenoxy) is 2. The summed E-state index contributed by atoms with van der Waals surface area (Å²) in [6.45, 7) is 6.12. The lowest BCUT2D eigenvalue weighted by Gasteiger charge is -2.39. The maximum Gasteiger partial charge on any atom is 0.254 e. The van der Waals surface area contributed by atoms with Crippen LogP contribution in [0.5, 0.6) is 11.5 Å². The van der Waals surface area contributed by atoms with Gasteiger partial charge in [-0.2, -0.15) is 0 Å². The summed E-state index contributed by atoms with van der Waals surface area (Å²) in [5.41, 5.74) is 0.529. The van der Waals surface area contributed by atoms with Gasteiger partial charge in [0.1, 0.15) is 11.5 Å². The van der Waals surface area contributed by atoms with Crippen molar-refractivity contribution in [3.8, 4) is 11.5 Å². The molecule has 1 aromatic carbocycles. The molecule has 3 heterocycles. The summed E-state index contributed by atoms with van der Waals surface area (Å²) in [5.74, 6) is 1.43. The van der Waals surface area contributed by atoms with Crippen molar-refractivity contribution >= 4 is 17.7 Å². The molecule has 0 atom stereocenters. The molecule has 0 aliphatic carbocycles. The Morgan fingerprint density at radius 3 is 1.91 bits per heavy atom. The number of piperidine rings is 2. The van der Waals surface area contributed by atoms with Crippen molar-refractivity contribution < 1.29 is 23.9 Å². The van der Waals surface area contributed by atoms with Crippen LogP contribution in [0.3, 0.4) is 0 Å². The van der Waals surface area contributed by atoms with Crippen molar-refractivity contribution in [3.63, 3.8) is 0 Å². The number of hydrogen-bond acceptors (Lipinski definition) is 6. The number of nitrogens with zero attached hydrogens (tertiary/aromatic N) is 4. The summed E-state index contributed by atoms with van der Waals surface area (Å²) >= 11 is 0. The number of carbonyl (C=O) groups excluding carboxylic acids is 3. The van der Waals surface area contributed by atoms with Crippen LogP contribution in [0.4, 0.5) is 0 Å². The predicted molar refractivity (Wildman–Crippen MR) is 132 cm³/mol. The molecule has 3 saturated heterocycles. The average Bonchev–Trinajstić information content (AvgIpc) is 2.92. The first kappa shape index (κ1) is 25.3. The van der Waals surface area contributed by atoms with Gasteiger partial charge in [0, 0.05) is 69.9 Å². The van der Waals surface area contributed by atoms with Crippen LogP contribution in [0.2, 0.25) is 0 Å². The van der Waals surface area contributed by atoms with Gasteiger partial charge in [0.2, 0.25) is 11.8 Å². The summed E-state index contributed by atoms with van der Waals surface area (Å²) < 4.78 is 10.6. The summed E-state index contributed by atoms with van der Waals surface area (Å²) in [6, 6.07) is 5.18. The Morgan fingerprint density at radius 2 is 1.34 bits per heavy atom. The third-order valence-corrected chi connectivity index (χ3v) is 7.48. The Hall–Kier alpha value is -2.81. The summed E-state index contributed by atoms with van der Waals surface area (Å²) in [4.78, 5) is 46.6. The Kier molecular flexibility index (Phi) is 8.49. The van der Waals surface area contributed by atoms with Gasteiger partial charge in [-0.15, -0.1) is 0 Å². The molecule has 9 nitrogen and oxygen atoms in total. The Labute approximate surface area is 207 Å². The Balaban J connectivity index is 1.23. The van der Waals surface area contributed by atoms with Crippen molar-refractivity contribution in [1.82, 2.24) is 19.6 Å². The molecular formula is C26H38N4O5. The van der Waals surface area contributed by atoms with Crippen LogP contribution in [0.15, 0.2) is 18.2 Å². The molecule has 4 rings (SSSR count). The zero-order valence-corrected chi connectivity index (χ0v) is 21.0. The highest BCUT2D eigenvalue weighted by molar-refractivity contribution is 5.95. The van der Waals surface area contributed by atoms with Crippen LogP contribution in [0, 0.1) is 5.92 Å². The Morgan fingerprint density at radius 1 is 0.743 bits per heavy atom. The van der Waals surface area contributed by atoms with Crippen molar-refractivity contribution in [2.75, 3.05) is 73.1 Å². The van der Waals surface area contributed by atoms with Crippen LogP contribution in [-0.2, 0) is 9.59 Å². The minimum Gasteiger partial charge on any atom is -0.497 e. The molecule has 0 N–H and O–H groups in total. The van der Waals surface area contributed by atoms with Crippen molar-refractivity contribution in [1.29, 1.82) is 0 Å². The van der Waals surface area contributed by atoms with E-state index in [4.69, 9.17) is 9.47 Å². The SMILES string of the molecule is COc1cc(OC)cc(C(=O)N2CCC(C(=O)N3CCN(CC(=O)N4CCCCC4)CC3)CC2)c1. The topological polar surface area (TPSA) is 82.6 Å². The van der Waals surface area contributed by atoms with Crippen LogP contribution >= 0.6 is 0 Å². The normalized spacial score (nSPS) is 20.0. The highest BCUT2D eigenvalue weighted by Gasteiger charge is 2.32. The number of piperazine rings is 1. The van der Waals surface area contributed by atoms with Crippen LogP contribution < -0.4 is 9.47 Å². The van der Waals surface area contributed by atoms with Crippen molar-refractivity contribution in [2.45, 2.75) is 32.1 Å². The van der Waals surface area contributed by atoms with E-state index in [-0.39, 0.29) is 23.6 Å². The second-order valence-corrected chi connectivity index (χ2v) is 9.71. The fourth-order valence-corrected chi connectivity index (χ4v) is 5.26. The molecule has 0 spiro atoms. The van der Waals surface area contributed by atoms with Crippen molar-refractivity contribution in [3.05, 3.63) is 23.8 Å². The first-order valence-electron chi connectivity index (χ1n) is 12.8. The van der Waals surface area contributed by atoms with E-state index in [1.165, 1.54) is 6.42 Å². The molecule has 3 aliphatic heterocycles. The van der Waals surface area contributed by atoms with Crippen molar-refractivity contribution in [2.24, 2.45) is 5.92 Å². The van der Waals surface area contributed by atoms with E-state index in [0.717, 1.165) is 39.0 Å². The number of benzene rings is 1. The zero-order valence-electron chi connectivity index (χ0n) is 21.0. The molecule has 0 aromatic heterocycles. The van der Waals surface area contributed by atoms with E-state index in [1.807, 2.05) is 14.7 Å². The maximum absolute atomic E-state index is 13.1. The van der Waals surface area contributed by atoms with E-state index in [2.05, 4.69) is 4.90 Å². The number of carbonyl (C=O) groups is 3. The van der Waals surface area contributed by atoms with Gasteiger partial charge in [0.25, 0.3) is 5.91 Å². The molecule has 0 radical (unpaired) electrons. The van der Waals surface area contributed by atoms with Gasteiger partial charge in [0.15, 0.2) is 0 Å². The van der Waals surface area contributed by atoms with Gasteiger partial charge in [0.05, 0.1) is 20.8 Å². The maximum atomic E-state index is 13.1. The van der Waals surface area contributed by atoms with E-state index in [1.54, 1.807) is 32.4 Å². The lowest BCUT2D eigenvalue weighted by Crippen LogP contribution is -2.54. The fourth-order valence-electron chi connectivity index (χ4n) is 5.26. The molecular weight excluding hydrogens is 448 g/mol. The molecule has 9 heteroatoms. The van der Waals surface area contributed by atoms with Crippen LogP contribution in [0.25, 0.3) is 0 Å². The van der Waals surface area contributed by atoms with Crippen LogP contribution in [0.1, 0.15) is 42.5 Å². The molecule has 1 aromatic rings. The quantitative estimate of drug-likeness (QED) is 0.609. The lowest BCUT2D eigenvalue weighted by molar-refractivity contribution is -0.139. The average molecular weight is 487 g/mol. The van der Waals surface area contributed by atoms with E-state index >= 15 is 0 Å². The second-order valence-electron chi connectivity index (χ2n) is 9.71. The lowest BCUT2D eigenvalue weighted by atomic mass is 9.94. The first-order chi connectivity index (χ1) is 17.0. The summed E-state index contributed by atoms with van der Waals surface area (Å²) in [7, 11) is 3.12. The minimum atomic E-state index is -0.0694. The van der Waals surface area contributed by atoms with Gasteiger partial charge in [-0.25, -0.2) is 0 Å². The van der Waals surface area contributed by atoms with Gasteiger partial charge in [-0.3, -0.25) is 19.3 Å².